The fraction of sp³-hybridized carbons (Fsp3) is 0.375. The number of rotatable bonds is 8. The van der Waals surface area contributed by atoms with Gasteiger partial charge in [0, 0.05) is 25.8 Å². The Morgan fingerprint density at radius 3 is 2.57 bits per heavy atom. The van der Waals surface area contributed by atoms with Crippen molar-refractivity contribution in [2.45, 2.75) is 6.42 Å². The summed E-state index contributed by atoms with van der Waals surface area (Å²) in [6.07, 6.45) is 2.75. The number of aromatic nitrogens is 2. The summed E-state index contributed by atoms with van der Waals surface area (Å²) >= 11 is 0. The largest absolute Gasteiger partial charge is 0.370 e. The average Bonchev–Trinajstić information content (AvgIpc) is 2.48. The Kier molecular flexibility index (Phi) is 5.97. The molecule has 2 aromatic rings. The normalized spacial score (nSPS) is 10.6. The van der Waals surface area contributed by atoms with Gasteiger partial charge in [0.05, 0.1) is 0 Å². The summed E-state index contributed by atoms with van der Waals surface area (Å²) in [5, 5.41) is 6.55. The Morgan fingerprint density at radius 2 is 1.81 bits per heavy atom. The SMILES string of the molecule is CN(C)CCNc1nccc(NCCc2ccccc2)n1. The highest BCUT2D eigenvalue weighted by Crippen LogP contribution is 2.06. The van der Waals surface area contributed by atoms with Gasteiger partial charge in [0.2, 0.25) is 5.95 Å². The number of hydrogen-bond acceptors (Lipinski definition) is 5. The van der Waals surface area contributed by atoms with Crippen LogP contribution in [-0.4, -0.2) is 48.6 Å². The number of likely N-dealkylation sites (N-methyl/N-ethyl adjacent to an activating group) is 1. The number of benzene rings is 1. The summed E-state index contributed by atoms with van der Waals surface area (Å²) in [5.41, 5.74) is 1.32. The predicted octanol–water partition coefficient (Wildman–Crippen LogP) is 2.10. The summed E-state index contributed by atoms with van der Waals surface area (Å²) < 4.78 is 0. The van der Waals surface area contributed by atoms with Crippen LogP contribution in [0.25, 0.3) is 0 Å². The van der Waals surface area contributed by atoms with Gasteiger partial charge < -0.3 is 15.5 Å². The van der Waals surface area contributed by atoms with Gasteiger partial charge in [-0.05, 0) is 32.1 Å². The zero-order valence-corrected chi connectivity index (χ0v) is 12.7. The van der Waals surface area contributed by atoms with Crippen LogP contribution in [-0.2, 0) is 6.42 Å². The first kappa shape index (κ1) is 15.3. The predicted molar refractivity (Wildman–Crippen MR) is 87.7 cm³/mol. The highest BCUT2D eigenvalue weighted by Gasteiger charge is 1.99. The van der Waals surface area contributed by atoms with Crippen molar-refractivity contribution in [1.29, 1.82) is 0 Å². The van der Waals surface area contributed by atoms with Crippen molar-refractivity contribution >= 4 is 11.8 Å². The Balaban J connectivity index is 1.78. The van der Waals surface area contributed by atoms with Gasteiger partial charge in [0.15, 0.2) is 0 Å². The molecule has 0 aliphatic rings. The second kappa shape index (κ2) is 8.21. The van der Waals surface area contributed by atoms with Gasteiger partial charge in [-0.2, -0.15) is 4.98 Å². The van der Waals surface area contributed by atoms with E-state index in [1.54, 1.807) is 6.20 Å². The number of nitrogens with zero attached hydrogens (tertiary/aromatic N) is 3. The van der Waals surface area contributed by atoms with E-state index in [0.29, 0.717) is 5.95 Å². The van der Waals surface area contributed by atoms with Crippen LogP contribution in [0.2, 0.25) is 0 Å². The number of hydrogen-bond donors (Lipinski definition) is 2. The molecule has 0 aliphatic carbocycles. The molecule has 5 heteroatoms. The molecule has 0 aliphatic heterocycles. The molecule has 0 saturated heterocycles. The lowest BCUT2D eigenvalue weighted by Crippen LogP contribution is -2.21. The van der Waals surface area contributed by atoms with Gasteiger partial charge in [-0.25, -0.2) is 4.98 Å². The van der Waals surface area contributed by atoms with Gasteiger partial charge >= 0.3 is 0 Å². The maximum Gasteiger partial charge on any atom is 0.224 e. The maximum atomic E-state index is 4.45. The van der Waals surface area contributed by atoms with E-state index in [0.717, 1.165) is 31.9 Å². The topological polar surface area (TPSA) is 53.1 Å². The molecular formula is C16H23N5. The van der Waals surface area contributed by atoms with Crippen molar-refractivity contribution in [2.75, 3.05) is 44.4 Å². The van der Waals surface area contributed by atoms with Crippen molar-refractivity contribution < 1.29 is 0 Å². The lowest BCUT2D eigenvalue weighted by Gasteiger charge is -2.11. The van der Waals surface area contributed by atoms with Crippen LogP contribution in [0, 0.1) is 0 Å². The minimum atomic E-state index is 0.668. The van der Waals surface area contributed by atoms with E-state index >= 15 is 0 Å². The summed E-state index contributed by atoms with van der Waals surface area (Å²) in [5.74, 6) is 1.52. The molecule has 0 spiro atoms. The minimum Gasteiger partial charge on any atom is -0.370 e. The van der Waals surface area contributed by atoms with E-state index in [1.165, 1.54) is 5.56 Å². The summed E-state index contributed by atoms with van der Waals surface area (Å²) in [7, 11) is 4.09. The fourth-order valence-corrected chi connectivity index (χ4v) is 1.91. The zero-order chi connectivity index (χ0) is 14.9. The third-order valence-electron chi connectivity index (χ3n) is 3.06. The molecule has 112 valence electrons. The molecule has 0 amide bonds. The molecule has 21 heavy (non-hydrogen) atoms. The van der Waals surface area contributed by atoms with E-state index in [2.05, 4.69) is 49.8 Å². The van der Waals surface area contributed by atoms with Crippen molar-refractivity contribution in [3.63, 3.8) is 0 Å². The van der Waals surface area contributed by atoms with E-state index in [4.69, 9.17) is 0 Å². The van der Waals surface area contributed by atoms with Crippen LogP contribution >= 0.6 is 0 Å². The number of nitrogens with one attached hydrogen (secondary N) is 2. The Morgan fingerprint density at radius 1 is 1.00 bits per heavy atom. The van der Waals surface area contributed by atoms with Gasteiger partial charge in [-0.3, -0.25) is 0 Å². The molecule has 0 bridgehead atoms. The third-order valence-corrected chi connectivity index (χ3v) is 3.06. The molecule has 0 atom stereocenters. The highest BCUT2D eigenvalue weighted by atomic mass is 15.2. The molecule has 2 rings (SSSR count). The second-order valence-electron chi connectivity index (χ2n) is 5.16. The summed E-state index contributed by atoms with van der Waals surface area (Å²) in [4.78, 5) is 10.8. The lowest BCUT2D eigenvalue weighted by atomic mass is 10.1. The molecule has 1 aromatic carbocycles. The minimum absolute atomic E-state index is 0.668. The van der Waals surface area contributed by atoms with E-state index in [9.17, 15) is 0 Å². The molecule has 1 heterocycles. The first-order valence-electron chi connectivity index (χ1n) is 7.23. The smallest absolute Gasteiger partial charge is 0.224 e. The summed E-state index contributed by atoms with van der Waals surface area (Å²) in [6, 6.07) is 12.3. The van der Waals surface area contributed by atoms with Gasteiger partial charge in [0.25, 0.3) is 0 Å². The van der Waals surface area contributed by atoms with Crippen LogP contribution in [0.15, 0.2) is 42.6 Å². The van der Waals surface area contributed by atoms with Crippen molar-refractivity contribution in [1.82, 2.24) is 14.9 Å². The van der Waals surface area contributed by atoms with Crippen LogP contribution in [0.5, 0.6) is 0 Å². The molecule has 0 radical (unpaired) electrons. The Bertz CT molecular complexity index is 527. The molecule has 0 fully saturated rings. The lowest BCUT2D eigenvalue weighted by molar-refractivity contribution is 0.425. The van der Waals surface area contributed by atoms with Gasteiger partial charge in [-0.1, -0.05) is 30.3 Å². The third kappa shape index (κ3) is 5.79. The van der Waals surface area contributed by atoms with E-state index in [1.807, 2.05) is 26.2 Å². The van der Waals surface area contributed by atoms with Crippen molar-refractivity contribution in [3.8, 4) is 0 Å². The molecule has 2 N–H and O–H groups in total. The molecule has 5 nitrogen and oxygen atoms in total. The first-order valence-corrected chi connectivity index (χ1v) is 7.23. The van der Waals surface area contributed by atoms with Crippen molar-refractivity contribution in [2.24, 2.45) is 0 Å². The van der Waals surface area contributed by atoms with Gasteiger partial charge in [-0.15, -0.1) is 0 Å². The Hall–Kier alpha value is -2.14. The number of anilines is 2. The quantitative estimate of drug-likeness (QED) is 0.778. The van der Waals surface area contributed by atoms with Crippen molar-refractivity contribution in [3.05, 3.63) is 48.2 Å². The monoisotopic (exact) mass is 285 g/mol. The van der Waals surface area contributed by atoms with Crippen LogP contribution < -0.4 is 10.6 Å². The zero-order valence-electron chi connectivity index (χ0n) is 12.7. The Labute approximate surface area is 126 Å². The second-order valence-corrected chi connectivity index (χ2v) is 5.16. The standard InChI is InChI=1S/C16H23N5/c1-21(2)13-12-19-16-18-11-9-15(20-16)17-10-8-14-6-4-3-5-7-14/h3-7,9,11H,8,10,12-13H2,1-2H3,(H2,17,18,19,20). The van der Waals surface area contributed by atoms with Crippen LogP contribution in [0.1, 0.15) is 5.56 Å². The molecular weight excluding hydrogens is 262 g/mol. The molecule has 1 aromatic heterocycles. The molecule has 0 unspecified atom stereocenters. The maximum absolute atomic E-state index is 4.45. The first-order chi connectivity index (χ1) is 10.2. The van der Waals surface area contributed by atoms with Gasteiger partial charge in [0.1, 0.15) is 5.82 Å². The van der Waals surface area contributed by atoms with Crippen LogP contribution in [0.3, 0.4) is 0 Å². The average molecular weight is 285 g/mol. The fourth-order valence-electron chi connectivity index (χ4n) is 1.91. The van der Waals surface area contributed by atoms with E-state index in [-0.39, 0.29) is 0 Å². The summed E-state index contributed by atoms with van der Waals surface area (Å²) in [6.45, 7) is 2.65. The van der Waals surface area contributed by atoms with Crippen LogP contribution in [0.4, 0.5) is 11.8 Å². The molecule has 0 saturated carbocycles. The highest BCUT2D eigenvalue weighted by molar-refractivity contribution is 5.39. The van der Waals surface area contributed by atoms with E-state index < -0.39 is 0 Å².